The summed E-state index contributed by atoms with van der Waals surface area (Å²) in [6, 6.07) is 0. The van der Waals surface area contributed by atoms with E-state index in [4.69, 9.17) is 4.74 Å². The van der Waals surface area contributed by atoms with Crippen LogP contribution in [0, 0.1) is 17.8 Å². The van der Waals surface area contributed by atoms with Crippen LogP contribution in [0.15, 0.2) is 0 Å². The summed E-state index contributed by atoms with van der Waals surface area (Å²) < 4.78 is 5.70. The molecule has 14 heavy (non-hydrogen) atoms. The Morgan fingerprint density at radius 3 is 2.50 bits per heavy atom. The first-order chi connectivity index (χ1) is 6.83. The number of hydrogen-bond donors (Lipinski definition) is 0. The van der Waals surface area contributed by atoms with E-state index in [9.17, 15) is 0 Å². The minimum Gasteiger partial charge on any atom is -0.369 e. The molecule has 3 rings (SSSR count). The van der Waals surface area contributed by atoms with Crippen molar-refractivity contribution < 1.29 is 4.74 Å². The summed E-state index contributed by atoms with van der Waals surface area (Å²) in [5, 5.41) is 0. The van der Waals surface area contributed by atoms with Crippen molar-refractivity contribution >= 4 is 0 Å². The van der Waals surface area contributed by atoms with Crippen LogP contribution in [0.1, 0.15) is 26.7 Å². The van der Waals surface area contributed by atoms with Crippen LogP contribution in [0.4, 0.5) is 0 Å². The van der Waals surface area contributed by atoms with Crippen molar-refractivity contribution in [2.45, 2.75) is 38.9 Å². The molecule has 2 bridgehead atoms. The fourth-order valence-electron chi connectivity index (χ4n) is 3.76. The van der Waals surface area contributed by atoms with Crippen LogP contribution in [-0.4, -0.2) is 36.7 Å². The monoisotopic (exact) mass is 195 g/mol. The Labute approximate surface area is 86.6 Å². The molecule has 2 nitrogen and oxygen atoms in total. The molecule has 2 heteroatoms. The Kier molecular flexibility index (Phi) is 2.10. The van der Waals surface area contributed by atoms with Gasteiger partial charge in [-0.25, -0.2) is 0 Å². The van der Waals surface area contributed by atoms with Gasteiger partial charge in [0, 0.05) is 6.54 Å². The van der Waals surface area contributed by atoms with Gasteiger partial charge >= 0.3 is 0 Å². The molecule has 0 amide bonds. The minimum atomic E-state index is 0.689. The van der Waals surface area contributed by atoms with E-state index >= 15 is 0 Å². The maximum absolute atomic E-state index is 5.70. The van der Waals surface area contributed by atoms with Crippen LogP contribution in [0.3, 0.4) is 0 Å². The molecular weight excluding hydrogens is 174 g/mol. The predicted octanol–water partition coefficient (Wildman–Crippen LogP) is 1.75. The smallest absolute Gasteiger partial charge is 0.0876 e. The van der Waals surface area contributed by atoms with Crippen molar-refractivity contribution in [2.75, 3.05) is 19.6 Å². The zero-order chi connectivity index (χ0) is 9.71. The highest BCUT2D eigenvalue weighted by atomic mass is 16.6. The van der Waals surface area contributed by atoms with Gasteiger partial charge in [-0.05, 0) is 43.7 Å². The van der Waals surface area contributed by atoms with Gasteiger partial charge in [-0.15, -0.1) is 0 Å². The van der Waals surface area contributed by atoms with Crippen molar-refractivity contribution in [3.05, 3.63) is 0 Å². The molecule has 0 aromatic rings. The average Bonchev–Trinajstić information content (AvgIpc) is 2.83. The summed E-state index contributed by atoms with van der Waals surface area (Å²) >= 11 is 0. The van der Waals surface area contributed by atoms with Crippen molar-refractivity contribution in [3.8, 4) is 0 Å². The highest BCUT2D eigenvalue weighted by Crippen LogP contribution is 2.58. The fraction of sp³-hybridized carbons (Fsp3) is 1.00. The number of epoxide rings is 1. The molecular formula is C12H21NO. The molecule has 80 valence electrons. The molecule has 2 aliphatic carbocycles. The van der Waals surface area contributed by atoms with Gasteiger partial charge < -0.3 is 9.64 Å². The number of rotatable bonds is 4. The van der Waals surface area contributed by atoms with Crippen molar-refractivity contribution in [3.63, 3.8) is 0 Å². The molecule has 0 aromatic carbocycles. The first-order valence-corrected chi connectivity index (χ1v) is 6.21. The van der Waals surface area contributed by atoms with E-state index in [1.807, 2.05) is 0 Å². The molecule has 5 unspecified atom stereocenters. The Morgan fingerprint density at radius 2 is 1.93 bits per heavy atom. The maximum atomic E-state index is 5.70. The van der Waals surface area contributed by atoms with Crippen molar-refractivity contribution in [1.29, 1.82) is 0 Å². The molecule has 1 saturated heterocycles. The molecule has 1 aliphatic heterocycles. The largest absolute Gasteiger partial charge is 0.369 e. The Balaban J connectivity index is 1.59. The summed E-state index contributed by atoms with van der Waals surface area (Å²) in [6.45, 7) is 8.28. The zero-order valence-corrected chi connectivity index (χ0v) is 9.28. The van der Waals surface area contributed by atoms with Gasteiger partial charge in [-0.1, -0.05) is 13.8 Å². The highest BCUT2D eigenvalue weighted by molar-refractivity contribution is 5.10. The van der Waals surface area contributed by atoms with Gasteiger partial charge in [0.15, 0.2) is 0 Å². The lowest BCUT2D eigenvalue weighted by Gasteiger charge is -2.26. The molecule has 0 aromatic heterocycles. The number of fused-ring (bicyclic) bond motifs is 5. The van der Waals surface area contributed by atoms with Gasteiger partial charge in [0.05, 0.1) is 12.2 Å². The molecule has 0 spiro atoms. The second-order valence-electron chi connectivity index (χ2n) is 5.21. The van der Waals surface area contributed by atoms with Crippen LogP contribution in [0.5, 0.6) is 0 Å². The van der Waals surface area contributed by atoms with Gasteiger partial charge in [0.2, 0.25) is 0 Å². The van der Waals surface area contributed by atoms with Crippen molar-refractivity contribution in [1.82, 2.24) is 4.90 Å². The van der Waals surface area contributed by atoms with Crippen molar-refractivity contribution in [2.24, 2.45) is 17.8 Å². The molecule has 5 atom stereocenters. The Hall–Kier alpha value is -0.0800. The molecule has 3 fully saturated rings. The van der Waals surface area contributed by atoms with Gasteiger partial charge in [-0.3, -0.25) is 0 Å². The van der Waals surface area contributed by atoms with E-state index in [-0.39, 0.29) is 0 Å². The standard InChI is InChI=1S/C12H21NO/c1-3-13(4-2)7-9-5-8-6-10(9)12-11(8)14-12/h8-12H,3-7H2,1-2H3. The second-order valence-corrected chi connectivity index (χ2v) is 5.21. The van der Waals surface area contributed by atoms with E-state index in [0.29, 0.717) is 12.2 Å². The van der Waals surface area contributed by atoms with Gasteiger partial charge in [0.1, 0.15) is 0 Å². The zero-order valence-electron chi connectivity index (χ0n) is 9.28. The maximum Gasteiger partial charge on any atom is 0.0876 e. The first kappa shape index (κ1) is 9.17. The van der Waals surface area contributed by atoms with Crippen LogP contribution in [0.2, 0.25) is 0 Å². The quantitative estimate of drug-likeness (QED) is 0.635. The summed E-state index contributed by atoms with van der Waals surface area (Å²) in [5.74, 6) is 2.81. The lowest BCUT2D eigenvalue weighted by Crippen LogP contribution is -2.33. The first-order valence-electron chi connectivity index (χ1n) is 6.21. The van der Waals surface area contributed by atoms with Crippen LogP contribution >= 0.6 is 0 Å². The van der Waals surface area contributed by atoms with E-state index in [1.165, 1.54) is 32.5 Å². The van der Waals surface area contributed by atoms with E-state index in [2.05, 4.69) is 18.7 Å². The average molecular weight is 195 g/mol. The summed E-state index contributed by atoms with van der Waals surface area (Å²) in [6.07, 6.45) is 4.31. The van der Waals surface area contributed by atoms with Gasteiger partial charge in [-0.2, -0.15) is 0 Å². The number of hydrogen-bond acceptors (Lipinski definition) is 2. The minimum absolute atomic E-state index is 0.689. The molecule has 1 heterocycles. The lowest BCUT2D eigenvalue weighted by atomic mass is 9.88. The van der Waals surface area contributed by atoms with Crippen LogP contribution in [-0.2, 0) is 4.74 Å². The Bertz CT molecular complexity index is 226. The summed E-state index contributed by atoms with van der Waals surface area (Å²) in [5.41, 5.74) is 0. The molecule has 2 saturated carbocycles. The fourth-order valence-corrected chi connectivity index (χ4v) is 3.76. The molecule has 0 radical (unpaired) electrons. The van der Waals surface area contributed by atoms with E-state index < -0.39 is 0 Å². The SMILES string of the molecule is CCN(CC)CC1CC2CC1C1OC21. The number of ether oxygens (including phenoxy) is 1. The lowest BCUT2D eigenvalue weighted by molar-refractivity contribution is 0.197. The topological polar surface area (TPSA) is 15.8 Å². The summed E-state index contributed by atoms with van der Waals surface area (Å²) in [4.78, 5) is 2.57. The molecule has 3 aliphatic rings. The third-order valence-electron chi connectivity index (χ3n) is 4.62. The Morgan fingerprint density at radius 1 is 1.14 bits per heavy atom. The normalized spacial score (nSPS) is 48.6. The second kappa shape index (κ2) is 3.21. The highest BCUT2D eigenvalue weighted by Gasteiger charge is 2.62. The van der Waals surface area contributed by atoms with E-state index in [1.54, 1.807) is 0 Å². The van der Waals surface area contributed by atoms with Crippen LogP contribution in [0.25, 0.3) is 0 Å². The van der Waals surface area contributed by atoms with Gasteiger partial charge in [0.25, 0.3) is 0 Å². The summed E-state index contributed by atoms with van der Waals surface area (Å²) in [7, 11) is 0. The molecule has 0 N–H and O–H groups in total. The third-order valence-corrected chi connectivity index (χ3v) is 4.62. The van der Waals surface area contributed by atoms with Crippen LogP contribution < -0.4 is 0 Å². The third kappa shape index (κ3) is 1.24. The predicted molar refractivity (Wildman–Crippen MR) is 56.2 cm³/mol. The number of nitrogens with zero attached hydrogens (tertiary/aromatic N) is 1. The van der Waals surface area contributed by atoms with E-state index in [0.717, 1.165) is 17.8 Å².